The third-order valence-corrected chi connectivity index (χ3v) is 3.27. The van der Waals surface area contributed by atoms with Crippen LogP contribution in [0.3, 0.4) is 0 Å². The lowest BCUT2D eigenvalue weighted by Crippen LogP contribution is -2.36. The normalized spacial score (nSPS) is 27.9. The van der Waals surface area contributed by atoms with E-state index in [4.69, 9.17) is 0 Å². The van der Waals surface area contributed by atoms with Gasteiger partial charge in [-0.05, 0) is 37.8 Å². The first-order valence-electron chi connectivity index (χ1n) is 5.31. The highest BCUT2D eigenvalue weighted by molar-refractivity contribution is 4.97. The minimum absolute atomic E-state index is 0.737. The summed E-state index contributed by atoms with van der Waals surface area (Å²) in [4.78, 5) is 0. The largest absolute Gasteiger partial charge is 0.316 e. The molecule has 1 N–H and O–H groups in total. The Labute approximate surface area is 84.7 Å². The Morgan fingerprint density at radius 3 is 3.14 bits per heavy atom. The molecule has 0 spiro atoms. The molecule has 0 saturated carbocycles. The van der Waals surface area contributed by atoms with Crippen molar-refractivity contribution in [2.24, 2.45) is 18.9 Å². The van der Waals surface area contributed by atoms with Crippen molar-refractivity contribution in [2.75, 3.05) is 13.1 Å². The van der Waals surface area contributed by atoms with Gasteiger partial charge in [-0.1, -0.05) is 12.1 Å². The summed E-state index contributed by atoms with van der Waals surface area (Å²) < 4.78 is 1.88. The van der Waals surface area contributed by atoms with E-state index in [1.807, 2.05) is 17.9 Å². The second-order valence-electron chi connectivity index (χ2n) is 4.28. The van der Waals surface area contributed by atoms with Gasteiger partial charge in [0.1, 0.15) is 0 Å². The van der Waals surface area contributed by atoms with Crippen molar-refractivity contribution >= 4 is 0 Å². The summed E-state index contributed by atoms with van der Waals surface area (Å²) in [7, 11) is 1.96. The molecule has 4 nitrogen and oxygen atoms in total. The zero-order chi connectivity index (χ0) is 9.97. The highest BCUT2D eigenvalue weighted by atomic mass is 15.4. The van der Waals surface area contributed by atoms with Crippen LogP contribution in [0, 0.1) is 11.8 Å². The zero-order valence-electron chi connectivity index (χ0n) is 8.90. The van der Waals surface area contributed by atoms with Gasteiger partial charge in [-0.2, -0.15) is 0 Å². The van der Waals surface area contributed by atoms with E-state index in [0.717, 1.165) is 24.8 Å². The highest BCUT2D eigenvalue weighted by Gasteiger charge is 2.22. The monoisotopic (exact) mass is 194 g/mol. The molecule has 2 unspecified atom stereocenters. The Bertz CT molecular complexity index is 294. The molecule has 2 heterocycles. The molecule has 1 fully saturated rings. The van der Waals surface area contributed by atoms with Gasteiger partial charge in [0.25, 0.3) is 0 Å². The number of hydrogen-bond donors (Lipinski definition) is 1. The Morgan fingerprint density at radius 1 is 1.64 bits per heavy atom. The average molecular weight is 194 g/mol. The molecule has 1 aromatic rings. The Hall–Kier alpha value is -0.900. The maximum Gasteiger partial charge on any atom is 0.0725 e. The first-order chi connectivity index (χ1) is 6.77. The van der Waals surface area contributed by atoms with Gasteiger partial charge in [0, 0.05) is 7.05 Å². The van der Waals surface area contributed by atoms with E-state index in [0.29, 0.717) is 0 Å². The van der Waals surface area contributed by atoms with Crippen molar-refractivity contribution in [2.45, 2.75) is 19.8 Å². The number of nitrogens with zero attached hydrogens (tertiary/aromatic N) is 3. The molecule has 2 rings (SSSR count). The van der Waals surface area contributed by atoms with Crippen LogP contribution >= 0.6 is 0 Å². The molecular weight excluding hydrogens is 176 g/mol. The Morgan fingerprint density at radius 2 is 2.50 bits per heavy atom. The first kappa shape index (κ1) is 9.65. The number of aryl methyl sites for hydroxylation is 1. The second kappa shape index (κ2) is 4.09. The van der Waals surface area contributed by atoms with Crippen molar-refractivity contribution in [3.8, 4) is 0 Å². The summed E-state index contributed by atoms with van der Waals surface area (Å²) >= 11 is 0. The van der Waals surface area contributed by atoms with Crippen LogP contribution in [0.4, 0.5) is 0 Å². The maximum absolute atomic E-state index is 3.95. The molecule has 0 aromatic carbocycles. The minimum Gasteiger partial charge on any atom is -0.316 e. The summed E-state index contributed by atoms with van der Waals surface area (Å²) in [5.74, 6) is 1.55. The minimum atomic E-state index is 0.737. The average Bonchev–Trinajstić information content (AvgIpc) is 2.56. The van der Waals surface area contributed by atoms with E-state index < -0.39 is 0 Å². The fourth-order valence-corrected chi connectivity index (χ4v) is 2.09. The summed E-state index contributed by atoms with van der Waals surface area (Å²) in [5.41, 5.74) is 1.24. The van der Waals surface area contributed by atoms with Crippen LogP contribution in [-0.4, -0.2) is 28.1 Å². The lowest BCUT2D eigenvalue weighted by molar-refractivity contribution is 0.269. The fraction of sp³-hybridized carbons (Fsp3) is 0.800. The number of rotatable bonds is 2. The molecule has 1 aliphatic heterocycles. The summed E-state index contributed by atoms with van der Waals surface area (Å²) in [6.07, 6.45) is 4.26. The molecule has 1 aromatic heterocycles. The maximum atomic E-state index is 3.95. The summed E-state index contributed by atoms with van der Waals surface area (Å²) in [5, 5.41) is 11.3. The van der Waals surface area contributed by atoms with E-state index in [1.165, 1.54) is 18.7 Å². The Balaban J connectivity index is 1.99. The predicted molar refractivity (Wildman–Crippen MR) is 54.8 cm³/mol. The third kappa shape index (κ3) is 1.95. The zero-order valence-corrected chi connectivity index (χ0v) is 8.90. The van der Waals surface area contributed by atoms with Gasteiger partial charge in [-0.25, -0.2) is 0 Å². The quantitative estimate of drug-likeness (QED) is 0.750. The SMILES string of the molecule is CC1CCNCC1Cc1cnnn1C. The van der Waals surface area contributed by atoms with Gasteiger partial charge in [0.15, 0.2) is 0 Å². The molecule has 1 aliphatic rings. The van der Waals surface area contributed by atoms with Crippen LogP contribution in [0.15, 0.2) is 6.20 Å². The molecule has 2 atom stereocenters. The van der Waals surface area contributed by atoms with Crippen molar-refractivity contribution < 1.29 is 0 Å². The molecule has 78 valence electrons. The molecule has 14 heavy (non-hydrogen) atoms. The fourth-order valence-electron chi connectivity index (χ4n) is 2.09. The van der Waals surface area contributed by atoms with Crippen LogP contribution in [0.2, 0.25) is 0 Å². The van der Waals surface area contributed by atoms with Gasteiger partial charge < -0.3 is 5.32 Å². The molecule has 4 heteroatoms. The van der Waals surface area contributed by atoms with Gasteiger partial charge in [-0.15, -0.1) is 5.10 Å². The number of piperidine rings is 1. The van der Waals surface area contributed by atoms with Crippen LogP contribution < -0.4 is 5.32 Å². The summed E-state index contributed by atoms with van der Waals surface area (Å²) in [6.45, 7) is 4.64. The molecule has 0 radical (unpaired) electrons. The van der Waals surface area contributed by atoms with E-state index in [9.17, 15) is 0 Å². The van der Waals surface area contributed by atoms with Crippen molar-refractivity contribution in [3.05, 3.63) is 11.9 Å². The second-order valence-corrected chi connectivity index (χ2v) is 4.28. The van der Waals surface area contributed by atoms with Crippen LogP contribution in [0.25, 0.3) is 0 Å². The van der Waals surface area contributed by atoms with Crippen LogP contribution in [0.1, 0.15) is 19.0 Å². The van der Waals surface area contributed by atoms with Gasteiger partial charge in [0.05, 0.1) is 11.9 Å². The van der Waals surface area contributed by atoms with Gasteiger partial charge >= 0.3 is 0 Å². The summed E-state index contributed by atoms with van der Waals surface area (Å²) in [6, 6.07) is 0. The van der Waals surface area contributed by atoms with E-state index in [-0.39, 0.29) is 0 Å². The van der Waals surface area contributed by atoms with E-state index >= 15 is 0 Å². The first-order valence-corrected chi connectivity index (χ1v) is 5.31. The van der Waals surface area contributed by atoms with Crippen LogP contribution in [0.5, 0.6) is 0 Å². The lowest BCUT2D eigenvalue weighted by Gasteiger charge is -2.29. The topological polar surface area (TPSA) is 42.7 Å². The smallest absolute Gasteiger partial charge is 0.0725 e. The Kier molecular flexibility index (Phi) is 2.82. The number of aromatic nitrogens is 3. The molecule has 0 amide bonds. The predicted octanol–water partition coefficient (Wildman–Crippen LogP) is 0.603. The number of nitrogens with one attached hydrogen (secondary N) is 1. The van der Waals surface area contributed by atoms with Crippen molar-refractivity contribution in [3.63, 3.8) is 0 Å². The standard InChI is InChI=1S/C10H18N4/c1-8-3-4-11-6-9(8)5-10-7-12-13-14(10)2/h7-9,11H,3-6H2,1-2H3. The van der Waals surface area contributed by atoms with E-state index in [1.54, 1.807) is 0 Å². The molecule has 0 bridgehead atoms. The highest BCUT2D eigenvalue weighted by Crippen LogP contribution is 2.21. The van der Waals surface area contributed by atoms with Crippen molar-refractivity contribution in [1.29, 1.82) is 0 Å². The van der Waals surface area contributed by atoms with E-state index in [2.05, 4.69) is 22.6 Å². The van der Waals surface area contributed by atoms with Crippen molar-refractivity contribution in [1.82, 2.24) is 20.3 Å². The molecule has 0 aliphatic carbocycles. The number of hydrogen-bond acceptors (Lipinski definition) is 3. The van der Waals surface area contributed by atoms with Crippen LogP contribution in [-0.2, 0) is 13.5 Å². The molecule has 1 saturated heterocycles. The lowest BCUT2D eigenvalue weighted by atomic mass is 9.85. The van der Waals surface area contributed by atoms with Gasteiger partial charge in [-0.3, -0.25) is 4.68 Å². The van der Waals surface area contributed by atoms with Gasteiger partial charge in [0.2, 0.25) is 0 Å². The molecular formula is C10H18N4. The third-order valence-electron chi connectivity index (χ3n) is 3.27.